The molecule has 24 heavy (non-hydrogen) atoms. The summed E-state index contributed by atoms with van der Waals surface area (Å²) in [7, 11) is 0. The number of amides is 1. The highest BCUT2D eigenvalue weighted by atomic mass is 19.1. The molecule has 132 valence electrons. The number of piperidine rings is 1. The molecule has 0 bridgehead atoms. The van der Waals surface area contributed by atoms with E-state index >= 15 is 0 Å². The Kier molecular flexibility index (Phi) is 5.81. The standard InChI is InChI=1S/C18H25FN2O3/c19-16-4-2-1-3-14(16)11-15-5-6-20(12-17(15)22)13-18(23)21-7-9-24-10-8-21/h1-4,15,17,22H,5-13H2/t15-,17+/m1/s1. The van der Waals surface area contributed by atoms with Crippen LogP contribution in [0.2, 0.25) is 0 Å². The van der Waals surface area contributed by atoms with E-state index in [2.05, 4.69) is 0 Å². The average Bonchev–Trinajstić information content (AvgIpc) is 2.60. The van der Waals surface area contributed by atoms with Crippen molar-refractivity contribution in [3.63, 3.8) is 0 Å². The molecule has 3 rings (SSSR count). The van der Waals surface area contributed by atoms with Crippen molar-refractivity contribution in [2.45, 2.75) is 18.9 Å². The van der Waals surface area contributed by atoms with Gasteiger partial charge in [0.25, 0.3) is 0 Å². The number of nitrogens with zero attached hydrogens (tertiary/aromatic N) is 2. The molecule has 0 saturated carbocycles. The third-order valence-electron chi connectivity index (χ3n) is 4.97. The van der Waals surface area contributed by atoms with Crippen LogP contribution in [0.1, 0.15) is 12.0 Å². The Balaban J connectivity index is 1.49. The molecular formula is C18H25FN2O3. The fourth-order valence-corrected chi connectivity index (χ4v) is 3.48. The number of ether oxygens (including phenoxy) is 1. The maximum absolute atomic E-state index is 13.8. The molecule has 0 unspecified atom stereocenters. The first-order valence-corrected chi connectivity index (χ1v) is 8.63. The van der Waals surface area contributed by atoms with Gasteiger partial charge in [0.1, 0.15) is 5.82 Å². The van der Waals surface area contributed by atoms with Crippen LogP contribution in [0.15, 0.2) is 24.3 Å². The molecular weight excluding hydrogens is 311 g/mol. The first-order valence-electron chi connectivity index (χ1n) is 8.63. The van der Waals surface area contributed by atoms with Crippen molar-refractivity contribution in [1.82, 2.24) is 9.80 Å². The molecule has 1 aromatic carbocycles. The number of halogens is 1. The summed E-state index contributed by atoms with van der Waals surface area (Å²) in [5.74, 6) is -0.0793. The highest BCUT2D eigenvalue weighted by molar-refractivity contribution is 5.78. The monoisotopic (exact) mass is 336 g/mol. The van der Waals surface area contributed by atoms with Crippen LogP contribution in [0.3, 0.4) is 0 Å². The van der Waals surface area contributed by atoms with E-state index in [0.717, 1.165) is 13.0 Å². The lowest BCUT2D eigenvalue weighted by Gasteiger charge is -2.37. The van der Waals surface area contributed by atoms with Crippen molar-refractivity contribution in [3.8, 4) is 0 Å². The normalized spacial score (nSPS) is 25.7. The fourth-order valence-electron chi connectivity index (χ4n) is 3.48. The molecule has 0 aliphatic carbocycles. The number of carbonyl (C=O) groups is 1. The Labute approximate surface area is 142 Å². The van der Waals surface area contributed by atoms with Crippen LogP contribution in [0.5, 0.6) is 0 Å². The predicted octanol–water partition coefficient (Wildman–Crippen LogP) is 0.910. The van der Waals surface area contributed by atoms with Crippen molar-refractivity contribution in [2.75, 3.05) is 45.9 Å². The molecule has 0 radical (unpaired) electrons. The number of aliphatic hydroxyl groups excluding tert-OH is 1. The topological polar surface area (TPSA) is 53.0 Å². The van der Waals surface area contributed by atoms with Crippen LogP contribution in [0.4, 0.5) is 4.39 Å². The van der Waals surface area contributed by atoms with E-state index in [1.807, 2.05) is 15.9 Å². The van der Waals surface area contributed by atoms with Gasteiger partial charge in [-0.15, -0.1) is 0 Å². The highest BCUT2D eigenvalue weighted by Gasteiger charge is 2.30. The van der Waals surface area contributed by atoms with Gasteiger partial charge < -0.3 is 14.7 Å². The molecule has 6 heteroatoms. The van der Waals surface area contributed by atoms with Gasteiger partial charge in [0.2, 0.25) is 5.91 Å². The van der Waals surface area contributed by atoms with Gasteiger partial charge in [-0.3, -0.25) is 9.69 Å². The summed E-state index contributed by atoms with van der Waals surface area (Å²) < 4.78 is 19.0. The minimum absolute atomic E-state index is 0.0386. The number of β-amino-alcohol motifs (C(OH)–C–C–N with tert-alkyl or cyclic N) is 1. The van der Waals surface area contributed by atoms with E-state index in [9.17, 15) is 14.3 Å². The van der Waals surface area contributed by atoms with E-state index < -0.39 is 6.10 Å². The lowest BCUT2D eigenvalue weighted by Crippen LogP contribution is -2.50. The molecule has 1 aromatic rings. The molecule has 2 heterocycles. The van der Waals surface area contributed by atoms with Crippen molar-refractivity contribution in [1.29, 1.82) is 0 Å². The lowest BCUT2D eigenvalue weighted by atomic mass is 9.87. The van der Waals surface area contributed by atoms with Gasteiger partial charge in [0.15, 0.2) is 0 Å². The Morgan fingerprint density at radius 1 is 1.25 bits per heavy atom. The molecule has 0 aromatic heterocycles. The first kappa shape index (κ1) is 17.3. The summed E-state index contributed by atoms with van der Waals surface area (Å²) in [5.41, 5.74) is 0.652. The quantitative estimate of drug-likeness (QED) is 0.888. The minimum atomic E-state index is -0.532. The third kappa shape index (κ3) is 4.32. The fraction of sp³-hybridized carbons (Fsp3) is 0.611. The second kappa shape index (κ2) is 8.05. The molecule has 0 spiro atoms. The van der Waals surface area contributed by atoms with Gasteiger partial charge in [-0.1, -0.05) is 18.2 Å². The first-order chi connectivity index (χ1) is 11.6. The largest absolute Gasteiger partial charge is 0.391 e. The Hall–Kier alpha value is -1.50. The van der Waals surface area contributed by atoms with Crippen LogP contribution in [0.25, 0.3) is 0 Å². The van der Waals surface area contributed by atoms with Crippen LogP contribution in [-0.4, -0.2) is 72.9 Å². The Morgan fingerprint density at radius 2 is 2.00 bits per heavy atom. The van der Waals surface area contributed by atoms with E-state index in [1.165, 1.54) is 6.07 Å². The van der Waals surface area contributed by atoms with Gasteiger partial charge in [0.05, 0.1) is 25.9 Å². The number of rotatable bonds is 4. The van der Waals surface area contributed by atoms with E-state index in [1.54, 1.807) is 12.1 Å². The van der Waals surface area contributed by atoms with E-state index in [0.29, 0.717) is 51.4 Å². The number of hydrogen-bond acceptors (Lipinski definition) is 4. The number of carbonyl (C=O) groups excluding carboxylic acids is 1. The van der Waals surface area contributed by atoms with Crippen molar-refractivity contribution in [3.05, 3.63) is 35.6 Å². The SMILES string of the molecule is O=C(CN1CC[C@H](Cc2ccccc2F)[C@@H](O)C1)N1CCOCC1. The summed E-state index contributed by atoms with van der Waals surface area (Å²) in [6.07, 6.45) is 0.779. The Bertz CT molecular complexity index is 563. The number of morpholine rings is 1. The molecule has 1 amide bonds. The average molecular weight is 336 g/mol. The predicted molar refractivity (Wildman–Crippen MR) is 88.1 cm³/mol. The van der Waals surface area contributed by atoms with Crippen molar-refractivity contribution >= 4 is 5.91 Å². The van der Waals surface area contributed by atoms with Crippen LogP contribution >= 0.6 is 0 Å². The van der Waals surface area contributed by atoms with Crippen molar-refractivity contribution in [2.24, 2.45) is 5.92 Å². The summed E-state index contributed by atoms with van der Waals surface area (Å²) in [5, 5.41) is 10.4. The summed E-state index contributed by atoms with van der Waals surface area (Å²) in [4.78, 5) is 16.1. The third-order valence-corrected chi connectivity index (χ3v) is 4.97. The molecule has 2 fully saturated rings. The summed E-state index contributed by atoms with van der Waals surface area (Å²) in [6.45, 7) is 4.04. The van der Waals surface area contributed by atoms with Gasteiger partial charge in [0, 0.05) is 19.6 Å². The maximum atomic E-state index is 13.8. The number of benzene rings is 1. The van der Waals surface area contributed by atoms with E-state index in [4.69, 9.17) is 4.74 Å². The van der Waals surface area contributed by atoms with Crippen LogP contribution in [-0.2, 0) is 16.0 Å². The van der Waals surface area contributed by atoms with Crippen LogP contribution < -0.4 is 0 Å². The molecule has 2 atom stereocenters. The zero-order chi connectivity index (χ0) is 16.9. The second-order valence-corrected chi connectivity index (χ2v) is 6.64. The summed E-state index contributed by atoms with van der Waals surface area (Å²) >= 11 is 0. The van der Waals surface area contributed by atoms with Crippen molar-refractivity contribution < 1.29 is 19.0 Å². The highest BCUT2D eigenvalue weighted by Crippen LogP contribution is 2.23. The molecule has 2 aliphatic heterocycles. The van der Waals surface area contributed by atoms with E-state index in [-0.39, 0.29) is 17.6 Å². The van der Waals surface area contributed by atoms with Gasteiger partial charge in [-0.25, -0.2) is 4.39 Å². The molecule has 1 N–H and O–H groups in total. The zero-order valence-corrected chi connectivity index (χ0v) is 13.9. The molecule has 2 aliphatic rings. The smallest absolute Gasteiger partial charge is 0.236 e. The second-order valence-electron chi connectivity index (χ2n) is 6.64. The Morgan fingerprint density at radius 3 is 2.71 bits per heavy atom. The number of likely N-dealkylation sites (tertiary alicyclic amines) is 1. The lowest BCUT2D eigenvalue weighted by molar-refractivity contribution is -0.137. The van der Waals surface area contributed by atoms with Gasteiger partial charge in [-0.2, -0.15) is 0 Å². The van der Waals surface area contributed by atoms with Gasteiger partial charge in [-0.05, 0) is 36.9 Å². The number of aliphatic hydroxyl groups is 1. The van der Waals surface area contributed by atoms with Gasteiger partial charge >= 0.3 is 0 Å². The zero-order valence-electron chi connectivity index (χ0n) is 13.9. The summed E-state index contributed by atoms with van der Waals surface area (Å²) in [6, 6.07) is 6.73. The minimum Gasteiger partial charge on any atom is -0.391 e. The number of hydrogen-bond donors (Lipinski definition) is 1. The molecule has 2 saturated heterocycles. The molecule has 5 nitrogen and oxygen atoms in total. The maximum Gasteiger partial charge on any atom is 0.236 e. The van der Waals surface area contributed by atoms with Crippen LogP contribution in [0, 0.1) is 11.7 Å².